The Morgan fingerprint density at radius 2 is 2.29 bits per heavy atom. The van der Waals surface area contributed by atoms with Crippen molar-refractivity contribution < 1.29 is 14.2 Å². The summed E-state index contributed by atoms with van der Waals surface area (Å²) >= 11 is 5.88. The highest BCUT2D eigenvalue weighted by Crippen LogP contribution is 2.20. The Morgan fingerprint density at radius 1 is 1.38 bits per heavy atom. The van der Waals surface area contributed by atoms with Gasteiger partial charge in [-0.3, -0.25) is 0 Å². The Hall–Kier alpha value is -1.37. The number of rotatable bonds is 5. The summed E-state index contributed by atoms with van der Waals surface area (Å²) in [6.07, 6.45) is 0.701. The van der Waals surface area contributed by atoms with E-state index >= 15 is 0 Å². The van der Waals surface area contributed by atoms with Gasteiger partial charge in [-0.15, -0.1) is 11.6 Å². The molecule has 114 valence electrons. The van der Waals surface area contributed by atoms with E-state index < -0.39 is 0 Å². The lowest BCUT2D eigenvalue weighted by atomic mass is 10.3. The first-order valence-electron chi connectivity index (χ1n) is 6.97. The van der Waals surface area contributed by atoms with Gasteiger partial charge in [-0.05, 0) is 6.07 Å². The zero-order valence-corrected chi connectivity index (χ0v) is 12.7. The first-order valence-corrected chi connectivity index (χ1v) is 7.50. The summed E-state index contributed by atoms with van der Waals surface area (Å²) in [6, 6.07) is 3.72. The van der Waals surface area contributed by atoms with Crippen molar-refractivity contribution >= 4 is 22.8 Å². The fraction of sp³-hybridized carbons (Fsp3) is 0.571. The predicted molar refractivity (Wildman–Crippen MR) is 79.1 cm³/mol. The Kier molecular flexibility index (Phi) is 4.57. The van der Waals surface area contributed by atoms with Gasteiger partial charge in [0.2, 0.25) is 5.88 Å². The summed E-state index contributed by atoms with van der Waals surface area (Å²) in [5, 5.41) is 0. The van der Waals surface area contributed by atoms with Crippen molar-refractivity contribution in [2.75, 3.05) is 32.8 Å². The fourth-order valence-electron chi connectivity index (χ4n) is 2.46. The van der Waals surface area contributed by atoms with Crippen LogP contribution in [0.4, 0.5) is 0 Å². The molecule has 1 aliphatic heterocycles. The van der Waals surface area contributed by atoms with E-state index in [1.165, 1.54) is 0 Å². The van der Waals surface area contributed by atoms with Crippen LogP contribution in [0.2, 0.25) is 0 Å². The Balaban J connectivity index is 1.96. The van der Waals surface area contributed by atoms with E-state index in [-0.39, 0.29) is 6.10 Å². The van der Waals surface area contributed by atoms with Crippen molar-refractivity contribution in [3.05, 3.63) is 18.0 Å². The van der Waals surface area contributed by atoms with Gasteiger partial charge in [-0.25, -0.2) is 4.98 Å². The van der Waals surface area contributed by atoms with E-state index in [2.05, 4.69) is 14.5 Å². The highest BCUT2D eigenvalue weighted by molar-refractivity contribution is 6.17. The quantitative estimate of drug-likeness (QED) is 0.786. The van der Waals surface area contributed by atoms with Crippen LogP contribution >= 0.6 is 11.6 Å². The molecule has 3 heterocycles. The molecule has 0 N–H and O–H groups in total. The molecule has 2 aromatic heterocycles. The first kappa shape index (κ1) is 14.6. The molecule has 0 radical (unpaired) electrons. The number of hydrogen-bond donors (Lipinski definition) is 0. The maximum Gasteiger partial charge on any atom is 0.215 e. The molecule has 1 saturated heterocycles. The molecule has 1 unspecified atom stereocenters. The van der Waals surface area contributed by atoms with Crippen molar-refractivity contribution in [2.24, 2.45) is 0 Å². The Morgan fingerprint density at radius 3 is 3.00 bits per heavy atom. The van der Waals surface area contributed by atoms with Crippen molar-refractivity contribution in [1.82, 2.24) is 14.5 Å². The van der Waals surface area contributed by atoms with Gasteiger partial charge in [0, 0.05) is 18.4 Å². The van der Waals surface area contributed by atoms with E-state index in [1.807, 2.05) is 12.1 Å². The van der Waals surface area contributed by atoms with Crippen LogP contribution in [0.25, 0.3) is 11.2 Å². The molecule has 3 rings (SSSR count). The summed E-state index contributed by atoms with van der Waals surface area (Å²) in [5.41, 5.74) is 1.64. The SMILES string of the molecule is COc1ccc2nc(CCCl)n(CC3COCCO3)c2n1. The van der Waals surface area contributed by atoms with Crippen LogP contribution in [0, 0.1) is 0 Å². The van der Waals surface area contributed by atoms with Crippen molar-refractivity contribution in [2.45, 2.75) is 19.1 Å². The Labute approximate surface area is 128 Å². The van der Waals surface area contributed by atoms with E-state index in [0.29, 0.717) is 44.5 Å². The molecule has 0 aliphatic carbocycles. The summed E-state index contributed by atoms with van der Waals surface area (Å²) in [5.74, 6) is 2.00. The minimum absolute atomic E-state index is 0.0122. The number of fused-ring (bicyclic) bond motifs is 1. The highest BCUT2D eigenvalue weighted by atomic mass is 35.5. The summed E-state index contributed by atoms with van der Waals surface area (Å²) < 4.78 is 18.4. The minimum Gasteiger partial charge on any atom is -0.481 e. The van der Waals surface area contributed by atoms with Gasteiger partial charge in [0.05, 0.1) is 39.6 Å². The summed E-state index contributed by atoms with van der Waals surface area (Å²) in [7, 11) is 1.60. The van der Waals surface area contributed by atoms with Gasteiger partial charge in [-0.1, -0.05) is 0 Å². The zero-order valence-electron chi connectivity index (χ0n) is 11.9. The van der Waals surface area contributed by atoms with Crippen LogP contribution < -0.4 is 4.74 Å². The van der Waals surface area contributed by atoms with Crippen molar-refractivity contribution in [3.63, 3.8) is 0 Å². The number of methoxy groups -OCH3 is 1. The molecule has 21 heavy (non-hydrogen) atoms. The second-order valence-electron chi connectivity index (χ2n) is 4.84. The van der Waals surface area contributed by atoms with Gasteiger partial charge in [-0.2, -0.15) is 4.98 Å². The lowest BCUT2D eigenvalue weighted by Crippen LogP contribution is -2.32. The number of alkyl halides is 1. The fourth-order valence-corrected chi connectivity index (χ4v) is 2.63. The van der Waals surface area contributed by atoms with E-state index in [1.54, 1.807) is 7.11 Å². The van der Waals surface area contributed by atoms with Crippen molar-refractivity contribution in [1.29, 1.82) is 0 Å². The summed E-state index contributed by atoms with van der Waals surface area (Å²) in [6.45, 7) is 2.52. The number of imidazole rings is 1. The van der Waals surface area contributed by atoms with Gasteiger partial charge in [0.1, 0.15) is 11.3 Å². The van der Waals surface area contributed by atoms with Gasteiger partial charge in [0.25, 0.3) is 0 Å². The monoisotopic (exact) mass is 311 g/mol. The standard InChI is InChI=1S/C14H18ClN3O3/c1-19-13-3-2-11-14(17-13)18(12(16-11)4-5-15)8-10-9-20-6-7-21-10/h2-3,10H,4-9H2,1H3. The lowest BCUT2D eigenvalue weighted by Gasteiger charge is -2.24. The number of hydrogen-bond acceptors (Lipinski definition) is 5. The topological polar surface area (TPSA) is 58.4 Å². The smallest absolute Gasteiger partial charge is 0.215 e. The maximum absolute atomic E-state index is 5.88. The third-order valence-electron chi connectivity index (χ3n) is 3.44. The number of halogens is 1. The molecule has 1 fully saturated rings. The number of ether oxygens (including phenoxy) is 3. The largest absolute Gasteiger partial charge is 0.481 e. The molecule has 1 atom stereocenters. The third kappa shape index (κ3) is 3.12. The molecular formula is C14H18ClN3O3. The molecule has 0 spiro atoms. The van der Waals surface area contributed by atoms with Crippen LogP contribution in [-0.2, 0) is 22.4 Å². The number of aryl methyl sites for hydroxylation is 1. The average Bonchev–Trinajstić information content (AvgIpc) is 2.86. The lowest BCUT2D eigenvalue weighted by molar-refractivity contribution is -0.0934. The van der Waals surface area contributed by atoms with Gasteiger partial charge < -0.3 is 18.8 Å². The molecule has 2 aromatic rings. The van der Waals surface area contributed by atoms with Crippen molar-refractivity contribution in [3.8, 4) is 5.88 Å². The minimum atomic E-state index is 0.0122. The van der Waals surface area contributed by atoms with Crippen LogP contribution in [0.15, 0.2) is 12.1 Å². The van der Waals surface area contributed by atoms with Crippen LogP contribution in [-0.4, -0.2) is 53.4 Å². The van der Waals surface area contributed by atoms with E-state index in [0.717, 1.165) is 17.0 Å². The van der Waals surface area contributed by atoms with E-state index in [9.17, 15) is 0 Å². The van der Waals surface area contributed by atoms with Gasteiger partial charge in [0.15, 0.2) is 5.65 Å². The van der Waals surface area contributed by atoms with Crippen LogP contribution in [0.1, 0.15) is 5.82 Å². The Bertz CT molecular complexity index is 611. The third-order valence-corrected chi connectivity index (χ3v) is 3.63. The second-order valence-corrected chi connectivity index (χ2v) is 5.22. The first-order chi connectivity index (χ1) is 10.3. The molecule has 0 bridgehead atoms. The number of aromatic nitrogens is 3. The molecule has 6 nitrogen and oxygen atoms in total. The molecule has 0 saturated carbocycles. The normalized spacial score (nSPS) is 19.0. The van der Waals surface area contributed by atoms with Gasteiger partial charge >= 0.3 is 0 Å². The zero-order chi connectivity index (χ0) is 14.7. The molecule has 0 aromatic carbocycles. The molecule has 7 heteroatoms. The maximum atomic E-state index is 5.88. The van der Waals surface area contributed by atoms with Crippen LogP contribution in [0.5, 0.6) is 5.88 Å². The number of nitrogens with zero attached hydrogens (tertiary/aromatic N) is 3. The average molecular weight is 312 g/mol. The van der Waals surface area contributed by atoms with Crippen LogP contribution in [0.3, 0.4) is 0 Å². The van der Waals surface area contributed by atoms with E-state index in [4.69, 9.17) is 25.8 Å². The predicted octanol–water partition coefficient (Wildman–Crippen LogP) is 1.64. The molecular weight excluding hydrogens is 294 g/mol. The highest BCUT2D eigenvalue weighted by Gasteiger charge is 2.20. The molecule has 1 aliphatic rings. The summed E-state index contributed by atoms with van der Waals surface area (Å²) in [4.78, 5) is 9.11. The second kappa shape index (κ2) is 6.60. The molecule has 0 amide bonds. The number of pyridine rings is 1.